The standard InChI is InChI=1S/C21H25N4Si.C2H5.Zn/c1-16-14-17(2)25(23-16)21-13-9-12-19(22-21)15-20(24-26(3,4)5)18-10-7-6-8-11-18;1-2;/h6-15H,1-5H3;1H2,2H3;/q2*-1;+2/b20-15+;;. The van der Waals surface area contributed by atoms with Gasteiger partial charge in [-0.05, 0) is 45.8 Å². The van der Waals surface area contributed by atoms with Gasteiger partial charge in [0.2, 0.25) is 0 Å². The van der Waals surface area contributed by atoms with Crippen LogP contribution in [0, 0.1) is 20.8 Å². The van der Waals surface area contributed by atoms with E-state index < -0.39 is 8.24 Å². The SMILES string of the molecule is Cc1cc(C)n(-c2cccc(/C=C(/[N-][Si](C)(C)C)c3ccccc3)n2)n1.[CH2-]C.[Zn+2]. The molecule has 0 bridgehead atoms. The second kappa shape index (κ2) is 11.2. The Balaban J connectivity index is 0.00000136. The van der Waals surface area contributed by atoms with Crippen molar-refractivity contribution in [3.8, 4) is 5.82 Å². The van der Waals surface area contributed by atoms with Crippen LogP contribution in [-0.2, 0) is 19.5 Å². The van der Waals surface area contributed by atoms with E-state index in [9.17, 15) is 0 Å². The smallest absolute Gasteiger partial charge is 0.687 e. The van der Waals surface area contributed by atoms with Gasteiger partial charge in [0.1, 0.15) is 0 Å². The van der Waals surface area contributed by atoms with E-state index in [1.54, 1.807) is 6.92 Å². The van der Waals surface area contributed by atoms with Crippen molar-refractivity contribution in [2.24, 2.45) is 0 Å². The Morgan fingerprint density at radius 1 is 1.00 bits per heavy atom. The summed E-state index contributed by atoms with van der Waals surface area (Å²) in [5.74, 6) is 0.824. The van der Waals surface area contributed by atoms with Gasteiger partial charge in [-0.3, -0.25) is 0 Å². The van der Waals surface area contributed by atoms with Crippen LogP contribution in [0.5, 0.6) is 0 Å². The number of hydrogen-bond acceptors (Lipinski definition) is 2. The fourth-order valence-corrected chi connectivity index (χ4v) is 3.71. The Labute approximate surface area is 189 Å². The van der Waals surface area contributed by atoms with E-state index in [0.29, 0.717) is 0 Å². The Morgan fingerprint density at radius 3 is 2.21 bits per heavy atom. The van der Waals surface area contributed by atoms with Crippen molar-refractivity contribution < 1.29 is 19.5 Å². The molecule has 148 valence electrons. The van der Waals surface area contributed by atoms with E-state index in [1.807, 2.05) is 54.9 Å². The summed E-state index contributed by atoms with van der Waals surface area (Å²) in [4.78, 5) is 9.83. The second-order valence-corrected chi connectivity index (χ2v) is 12.0. The quantitative estimate of drug-likeness (QED) is 0.328. The summed E-state index contributed by atoms with van der Waals surface area (Å²) in [7, 11) is -1.63. The van der Waals surface area contributed by atoms with Gasteiger partial charge in [0.05, 0.1) is 11.4 Å². The molecule has 3 aromatic rings. The van der Waals surface area contributed by atoms with Crippen molar-refractivity contribution in [3.05, 3.63) is 89.1 Å². The van der Waals surface area contributed by atoms with Crippen LogP contribution in [0.2, 0.25) is 19.6 Å². The van der Waals surface area contributed by atoms with Crippen LogP contribution in [0.3, 0.4) is 0 Å². The summed E-state index contributed by atoms with van der Waals surface area (Å²) in [5, 5.41) is 4.54. The number of benzene rings is 1. The zero-order valence-electron chi connectivity index (χ0n) is 18.5. The van der Waals surface area contributed by atoms with Crippen LogP contribution >= 0.6 is 0 Å². The predicted molar refractivity (Wildman–Crippen MR) is 123 cm³/mol. The van der Waals surface area contributed by atoms with Crippen molar-refractivity contribution >= 4 is 20.0 Å². The first kappa shape index (κ1) is 25.0. The predicted octanol–water partition coefficient (Wildman–Crippen LogP) is 6.43. The first-order valence-corrected chi connectivity index (χ1v) is 13.0. The van der Waals surface area contributed by atoms with Crippen LogP contribution in [0.25, 0.3) is 22.6 Å². The molecule has 0 fully saturated rings. The zero-order valence-corrected chi connectivity index (χ0v) is 22.4. The van der Waals surface area contributed by atoms with Gasteiger partial charge in [-0.2, -0.15) is 12.0 Å². The summed E-state index contributed by atoms with van der Waals surface area (Å²) >= 11 is 0. The maximum atomic E-state index is 5.04. The number of aryl methyl sites for hydroxylation is 2. The van der Waals surface area contributed by atoms with E-state index in [4.69, 9.17) is 9.97 Å². The van der Waals surface area contributed by atoms with Crippen LogP contribution in [0.1, 0.15) is 29.6 Å². The molecule has 29 heavy (non-hydrogen) atoms. The monoisotopic (exact) mass is 454 g/mol. The van der Waals surface area contributed by atoms with E-state index in [0.717, 1.165) is 34.2 Å². The van der Waals surface area contributed by atoms with Crippen LogP contribution in [0.4, 0.5) is 0 Å². The van der Waals surface area contributed by atoms with Crippen LogP contribution in [-0.4, -0.2) is 23.0 Å². The van der Waals surface area contributed by atoms with Crippen molar-refractivity contribution in [2.75, 3.05) is 0 Å². The third-order valence-electron chi connectivity index (χ3n) is 3.79. The molecule has 0 atom stereocenters. The summed E-state index contributed by atoms with van der Waals surface area (Å²) in [6.45, 7) is 15.8. The van der Waals surface area contributed by atoms with Crippen molar-refractivity contribution in [1.29, 1.82) is 0 Å². The average Bonchev–Trinajstić information content (AvgIpc) is 3.01. The first-order valence-electron chi connectivity index (χ1n) is 9.53. The van der Waals surface area contributed by atoms with Crippen LogP contribution in [0.15, 0.2) is 54.6 Å². The Hall–Kier alpha value is -2.04. The third-order valence-corrected chi connectivity index (χ3v) is 4.70. The molecule has 3 rings (SSSR count). The maximum absolute atomic E-state index is 5.04. The van der Waals surface area contributed by atoms with Gasteiger partial charge in [-0.25, -0.2) is 9.67 Å². The molecule has 1 aromatic carbocycles. The van der Waals surface area contributed by atoms with Crippen molar-refractivity contribution in [3.63, 3.8) is 0 Å². The van der Waals surface area contributed by atoms with Gasteiger partial charge in [-0.1, -0.05) is 62.1 Å². The minimum Gasteiger partial charge on any atom is -0.687 e. The van der Waals surface area contributed by atoms with Gasteiger partial charge >= 0.3 is 19.5 Å². The molecule has 4 nitrogen and oxygen atoms in total. The molecule has 0 aliphatic carbocycles. The molecular weight excluding hydrogens is 426 g/mol. The number of aromatic nitrogens is 3. The molecule has 0 radical (unpaired) electrons. The largest absolute Gasteiger partial charge is 2.00 e. The molecule has 0 saturated carbocycles. The average molecular weight is 456 g/mol. The molecule has 2 aromatic heterocycles. The molecule has 0 spiro atoms. The summed E-state index contributed by atoms with van der Waals surface area (Å²) in [6.07, 6.45) is 2.07. The molecule has 0 aliphatic heterocycles. The third kappa shape index (κ3) is 7.37. The minimum atomic E-state index is -1.63. The Kier molecular flexibility index (Phi) is 9.67. The van der Waals surface area contributed by atoms with Crippen molar-refractivity contribution in [2.45, 2.75) is 40.4 Å². The van der Waals surface area contributed by atoms with Gasteiger partial charge < -0.3 is 11.9 Å². The van der Waals surface area contributed by atoms with E-state index in [-0.39, 0.29) is 19.5 Å². The van der Waals surface area contributed by atoms with E-state index in [2.05, 4.69) is 55.9 Å². The summed E-state index contributed by atoms with van der Waals surface area (Å²) in [6, 6.07) is 18.4. The van der Waals surface area contributed by atoms with Crippen LogP contribution < -0.4 is 0 Å². The number of pyridine rings is 1. The maximum Gasteiger partial charge on any atom is 2.00 e. The molecule has 0 saturated heterocycles. The van der Waals surface area contributed by atoms with Gasteiger partial charge in [0.25, 0.3) is 0 Å². The molecule has 0 unspecified atom stereocenters. The fourth-order valence-electron chi connectivity index (χ4n) is 2.79. The van der Waals surface area contributed by atoms with E-state index >= 15 is 0 Å². The second-order valence-electron chi connectivity index (χ2n) is 7.44. The number of rotatable bonds is 5. The molecule has 0 amide bonds. The molecular formula is C23H30N4SiZn. The Bertz CT molecular complexity index is 928. The van der Waals surface area contributed by atoms with E-state index in [1.165, 1.54) is 0 Å². The zero-order chi connectivity index (χ0) is 20.7. The van der Waals surface area contributed by atoms with Gasteiger partial charge in [-0.15, -0.1) is 5.70 Å². The van der Waals surface area contributed by atoms with Crippen molar-refractivity contribution in [1.82, 2.24) is 14.8 Å². The number of hydrogen-bond donors (Lipinski definition) is 0. The molecule has 2 heterocycles. The summed E-state index contributed by atoms with van der Waals surface area (Å²) < 4.78 is 1.88. The molecule has 0 N–H and O–H groups in total. The molecule has 6 heteroatoms. The molecule has 0 aliphatic rings. The Morgan fingerprint density at radius 2 is 1.66 bits per heavy atom. The number of nitrogens with zero attached hydrogens (tertiary/aromatic N) is 4. The van der Waals surface area contributed by atoms with Gasteiger partial charge in [0.15, 0.2) is 5.82 Å². The topological polar surface area (TPSA) is 44.8 Å². The summed E-state index contributed by atoms with van der Waals surface area (Å²) in [5.41, 5.74) is 5.06. The fraction of sp³-hybridized carbons (Fsp3) is 0.261. The normalized spacial score (nSPS) is 11.2. The minimum absolute atomic E-state index is 0. The first-order chi connectivity index (χ1) is 13.3. The van der Waals surface area contributed by atoms with Gasteiger partial charge in [0, 0.05) is 5.69 Å².